The number of nitrogens with zero attached hydrogens (tertiary/aromatic N) is 1. The van der Waals surface area contributed by atoms with E-state index in [0.717, 1.165) is 24.4 Å². The van der Waals surface area contributed by atoms with Crippen molar-refractivity contribution >= 4 is 18.3 Å². The van der Waals surface area contributed by atoms with E-state index in [1.54, 1.807) is 12.1 Å². The molecule has 2 aliphatic rings. The molecule has 0 saturated carbocycles. The number of allylic oxidation sites excluding steroid dienone is 3. The Morgan fingerprint density at radius 1 is 0.973 bits per heavy atom. The maximum absolute atomic E-state index is 13.4. The number of aryl methyl sites for hydroxylation is 1. The molecule has 0 aromatic heterocycles. The number of anilines is 1. The van der Waals surface area contributed by atoms with E-state index in [2.05, 4.69) is 56.8 Å². The molecule has 0 N–H and O–H groups in total. The Bertz CT molecular complexity index is 931. The fourth-order valence-corrected chi connectivity index (χ4v) is 4.27. The predicted molar refractivity (Wildman–Crippen MR) is 151 cm³/mol. The van der Waals surface area contributed by atoms with E-state index >= 15 is 0 Å². The summed E-state index contributed by atoms with van der Waals surface area (Å²) in [6.45, 7) is 12.0. The number of halogens is 2. The highest BCUT2D eigenvalue weighted by Gasteiger charge is 2.30. The van der Waals surface area contributed by atoms with Crippen LogP contribution in [0.1, 0.15) is 70.4 Å². The minimum absolute atomic E-state index is 0.0789. The van der Waals surface area contributed by atoms with Crippen molar-refractivity contribution in [1.82, 2.24) is 0 Å². The summed E-state index contributed by atoms with van der Waals surface area (Å²) in [5.41, 5.74) is 2.15. The largest absolute Gasteiger partial charge is 0.361 e. The minimum atomic E-state index is -3.01. The van der Waals surface area contributed by atoms with Gasteiger partial charge in [-0.05, 0) is 68.2 Å². The third-order valence-electron chi connectivity index (χ3n) is 6.63. The molecule has 1 atom stereocenters. The van der Waals surface area contributed by atoms with Crippen LogP contribution in [-0.2, 0) is 21.9 Å². The second-order valence-corrected chi connectivity index (χ2v) is 9.38. The number of hydrogen-bond acceptors (Lipinski definition) is 3. The monoisotopic (exact) mass is 511 g/mol. The highest BCUT2D eigenvalue weighted by atomic mass is 19.3. The molecule has 2 aromatic rings. The van der Waals surface area contributed by atoms with Crippen molar-refractivity contribution in [2.75, 3.05) is 11.4 Å². The summed E-state index contributed by atoms with van der Waals surface area (Å²) in [4.78, 5) is 21.5. The number of Topliss-reactive ketones (excluding diaryl/α,β-unsaturated/α-hetero) is 1. The molecule has 37 heavy (non-hydrogen) atoms. The number of rotatable bonds is 5. The molecule has 0 radical (unpaired) electrons. The summed E-state index contributed by atoms with van der Waals surface area (Å²) in [5.74, 6) is -1.85. The second-order valence-electron chi connectivity index (χ2n) is 9.38. The van der Waals surface area contributed by atoms with Crippen LogP contribution in [0, 0.1) is 5.92 Å². The first-order chi connectivity index (χ1) is 17.8. The average molecular weight is 512 g/mol. The lowest BCUT2D eigenvalue weighted by Gasteiger charge is -2.25. The summed E-state index contributed by atoms with van der Waals surface area (Å²) in [5, 5.41) is 0. The number of ketones is 1. The normalized spacial score (nSPS) is 17.3. The molecule has 5 heteroatoms. The van der Waals surface area contributed by atoms with Crippen molar-refractivity contribution in [3.63, 3.8) is 0 Å². The number of hydrogen-bond donors (Lipinski definition) is 0. The molecule has 0 amide bonds. The van der Waals surface area contributed by atoms with Crippen LogP contribution in [0.2, 0.25) is 0 Å². The molecule has 3 nitrogen and oxygen atoms in total. The first-order valence-corrected chi connectivity index (χ1v) is 13.2. The third kappa shape index (κ3) is 11.2. The molecule has 1 aliphatic carbocycles. The van der Waals surface area contributed by atoms with Crippen molar-refractivity contribution in [2.24, 2.45) is 5.92 Å². The van der Waals surface area contributed by atoms with E-state index in [4.69, 9.17) is 4.79 Å². The molecule has 0 unspecified atom stereocenters. The molecular formula is C32H43F2NO2. The number of carbonyl (C=O) groups excluding carboxylic acids is 2. The Balaban J connectivity index is 0.000000313. The predicted octanol–water partition coefficient (Wildman–Crippen LogP) is 8.34. The van der Waals surface area contributed by atoms with E-state index < -0.39 is 5.92 Å². The molecule has 0 spiro atoms. The lowest BCUT2D eigenvalue weighted by Crippen LogP contribution is -2.28. The fraction of sp³-hybridized carbons (Fsp3) is 0.438. The quantitative estimate of drug-likeness (QED) is 0.379. The highest BCUT2D eigenvalue weighted by Crippen LogP contribution is 2.32. The van der Waals surface area contributed by atoms with Gasteiger partial charge in [-0.25, -0.2) is 0 Å². The van der Waals surface area contributed by atoms with Crippen LogP contribution in [0.15, 0.2) is 79.4 Å². The lowest BCUT2D eigenvalue weighted by atomic mass is 10.0. The Morgan fingerprint density at radius 2 is 1.54 bits per heavy atom. The SMILES string of the molecule is C=CC(F)(F)c1ccc(N2CC(=O)C[C@H]2CC)cc1.C=O.CC1CCC=CCC1.CCc1ccccc1. The van der Waals surface area contributed by atoms with Crippen molar-refractivity contribution in [3.8, 4) is 0 Å². The van der Waals surface area contributed by atoms with Gasteiger partial charge < -0.3 is 9.69 Å². The van der Waals surface area contributed by atoms with Gasteiger partial charge in [-0.1, -0.05) is 82.0 Å². The van der Waals surface area contributed by atoms with Crippen molar-refractivity contribution in [2.45, 2.75) is 77.7 Å². The summed E-state index contributed by atoms with van der Waals surface area (Å²) in [6.07, 6.45) is 13.2. The van der Waals surface area contributed by atoms with Gasteiger partial charge in [0.2, 0.25) is 0 Å². The summed E-state index contributed by atoms with van der Waals surface area (Å²) < 4.78 is 26.8. The summed E-state index contributed by atoms with van der Waals surface area (Å²) in [6, 6.07) is 16.7. The van der Waals surface area contributed by atoms with E-state index in [0.29, 0.717) is 19.0 Å². The molecule has 1 saturated heterocycles. The van der Waals surface area contributed by atoms with E-state index in [-0.39, 0.29) is 17.4 Å². The fourth-order valence-electron chi connectivity index (χ4n) is 4.27. The van der Waals surface area contributed by atoms with E-state index in [9.17, 15) is 13.6 Å². The first-order valence-electron chi connectivity index (χ1n) is 13.2. The van der Waals surface area contributed by atoms with Crippen LogP contribution in [0.3, 0.4) is 0 Å². The third-order valence-corrected chi connectivity index (χ3v) is 6.63. The highest BCUT2D eigenvalue weighted by molar-refractivity contribution is 5.88. The average Bonchev–Trinajstić information content (AvgIpc) is 3.16. The molecular weight excluding hydrogens is 468 g/mol. The summed E-state index contributed by atoms with van der Waals surface area (Å²) >= 11 is 0. The topological polar surface area (TPSA) is 37.4 Å². The zero-order valence-corrected chi connectivity index (χ0v) is 22.7. The van der Waals surface area contributed by atoms with Crippen molar-refractivity contribution in [3.05, 3.63) is 90.5 Å². The van der Waals surface area contributed by atoms with Crippen molar-refractivity contribution < 1.29 is 18.4 Å². The minimum Gasteiger partial charge on any atom is -0.361 e. The Hall–Kier alpha value is -3.08. The van der Waals surface area contributed by atoms with Gasteiger partial charge in [-0.2, -0.15) is 8.78 Å². The van der Waals surface area contributed by atoms with Crippen LogP contribution in [0.25, 0.3) is 0 Å². The van der Waals surface area contributed by atoms with Gasteiger partial charge in [0.15, 0.2) is 5.78 Å². The maximum Gasteiger partial charge on any atom is 0.291 e. The second kappa shape index (κ2) is 17.4. The molecule has 0 bridgehead atoms. The van der Waals surface area contributed by atoms with E-state index in [1.165, 1.54) is 43.4 Å². The maximum atomic E-state index is 13.4. The molecule has 1 heterocycles. The zero-order chi connectivity index (χ0) is 27.7. The standard InChI is InChI=1S/C15H17F2NO.C8H14.C8H10.CH2O/c1-3-12-9-14(19)10-18(12)13-7-5-11(6-8-13)15(16,17)4-2;1-8-6-4-2-3-5-7-8;1-2-8-6-4-3-5-7-8;1-2/h4-8,12H,2-3,9-10H2,1H3;2-3,8H,4-7H2,1H3;3-7H,2H2,1H3;1H2/t12-;;;/m1.../s1. The number of alkyl halides is 2. The Morgan fingerprint density at radius 3 is 2.00 bits per heavy atom. The van der Waals surface area contributed by atoms with Crippen LogP contribution in [0.4, 0.5) is 14.5 Å². The van der Waals surface area contributed by atoms with Crippen LogP contribution >= 0.6 is 0 Å². The molecule has 4 rings (SSSR count). The van der Waals surface area contributed by atoms with E-state index in [1.807, 2.05) is 24.7 Å². The Kier molecular flexibility index (Phi) is 15.0. The summed E-state index contributed by atoms with van der Waals surface area (Å²) in [7, 11) is 0. The van der Waals surface area contributed by atoms with Crippen LogP contribution < -0.4 is 4.90 Å². The van der Waals surface area contributed by atoms with Gasteiger partial charge in [-0.15, -0.1) is 0 Å². The zero-order valence-electron chi connectivity index (χ0n) is 22.7. The molecule has 1 fully saturated rings. The van der Waals surface area contributed by atoms with Crippen LogP contribution in [0.5, 0.6) is 0 Å². The number of carbonyl (C=O) groups is 2. The number of benzene rings is 2. The van der Waals surface area contributed by atoms with Gasteiger partial charge in [-0.3, -0.25) is 4.79 Å². The lowest BCUT2D eigenvalue weighted by molar-refractivity contribution is -0.116. The molecule has 1 aliphatic heterocycles. The Labute approximate surface area is 222 Å². The van der Waals surface area contributed by atoms with Gasteiger partial charge in [0.25, 0.3) is 5.92 Å². The van der Waals surface area contributed by atoms with Crippen molar-refractivity contribution in [1.29, 1.82) is 0 Å². The van der Waals surface area contributed by atoms with Crippen LogP contribution in [-0.4, -0.2) is 25.2 Å². The molecule has 202 valence electrons. The molecule has 2 aromatic carbocycles. The smallest absolute Gasteiger partial charge is 0.291 e. The first kappa shape index (κ1) is 31.9. The van der Waals surface area contributed by atoms with Gasteiger partial charge in [0.05, 0.1) is 6.54 Å². The van der Waals surface area contributed by atoms with Gasteiger partial charge in [0.1, 0.15) is 6.79 Å². The van der Waals surface area contributed by atoms with Gasteiger partial charge in [0, 0.05) is 23.7 Å². The van der Waals surface area contributed by atoms with Gasteiger partial charge >= 0.3 is 0 Å².